The maximum atomic E-state index is 12.3. The van der Waals surface area contributed by atoms with Crippen molar-refractivity contribution in [1.82, 2.24) is 9.88 Å². The van der Waals surface area contributed by atoms with E-state index in [1.807, 2.05) is 0 Å². The van der Waals surface area contributed by atoms with Crippen LogP contribution in [0.3, 0.4) is 0 Å². The van der Waals surface area contributed by atoms with Crippen molar-refractivity contribution in [2.24, 2.45) is 0 Å². The molecule has 2 N–H and O–H groups in total. The van der Waals surface area contributed by atoms with Crippen LogP contribution in [-0.4, -0.2) is 50.7 Å². The Morgan fingerprint density at radius 3 is 2.52 bits per heavy atom. The molecule has 21 heavy (non-hydrogen) atoms. The predicted molar refractivity (Wildman–Crippen MR) is 76.7 cm³/mol. The highest BCUT2D eigenvalue weighted by Crippen LogP contribution is 2.22. The minimum Gasteiger partial charge on any atom is -0.478 e. The number of piperidine rings is 1. The van der Waals surface area contributed by atoms with Gasteiger partial charge in [0.15, 0.2) is 0 Å². The Labute approximate surface area is 122 Å². The monoisotopic (exact) mass is 290 g/mol. The first-order chi connectivity index (χ1) is 9.87. The Hall–Kier alpha value is -2.21. The first kappa shape index (κ1) is 15.2. The highest BCUT2D eigenvalue weighted by molar-refractivity contribution is 5.92. The zero-order chi connectivity index (χ0) is 15.5. The maximum absolute atomic E-state index is 12.3. The van der Waals surface area contributed by atoms with E-state index < -0.39 is 11.6 Å². The molecule has 1 fully saturated rings. The summed E-state index contributed by atoms with van der Waals surface area (Å²) in [6, 6.07) is 3.23. The molecule has 0 saturated carbocycles. The summed E-state index contributed by atoms with van der Waals surface area (Å²) in [7, 11) is 0. The summed E-state index contributed by atoms with van der Waals surface area (Å²) in [6.07, 6.45) is 5.01. The predicted octanol–water partition coefficient (Wildman–Crippen LogP) is 1.17. The number of aliphatic hydroxyl groups is 1. The first-order valence-corrected chi connectivity index (χ1v) is 6.76. The van der Waals surface area contributed by atoms with E-state index in [0.29, 0.717) is 37.2 Å². The molecule has 1 aliphatic rings. The lowest BCUT2D eigenvalue weighted by Crippen LogP contribution is -2.45. The largest absolute Gasteiger partial charge is 0.478 e. The van der Waals surface area contributed by atoms with Gasteiger partial charge in [0.2, 0.25) is 0 Å². The minimum atomic E-state index is -1.03. The van der Waals surface area contributed by atoms with E-state index in [-0.39, 0.29) is 5.91 Å². The molecule has 6 nitrogen and oxygen atoms in total. The van der Waals surface area contributed by atoms with Crippen molar-refractivity contribution >= 4 is 18.0 Å². The van der Waals surface area contributed by atoms with Gasteiger partial charge in [-0.15, -0.1) is 0 Å². The average Bonchev–Trinajstić information content (AvgIpc) is 2.45. The third-order valence-electron chi connectivity index (χ3n) is 3.55. The van der Waals surface area contributed by atoms with Crippen molar-refractivity contribution < 1.29 is 19.8 Å². The Balaban J connectivity index is 2.02. The lowest BCUT2D eigenvalue weighted by molar-refractivity contribution is -0.131. The molecular weight excluding hydrogens is 272 g/mol. The van der Waals surface area contributed by atoms with Crippen molar-refractivity contribution in [2.45, 2.75) is 25.4 Å². The molecule has 6 heteroatoms. The van der Waals surface area contributed by atoms with Crippen LogP contribution >= 0.6 is 0 Å². The van der Waals surface area contributed by atoms with Crippen LogP contribution in [-0.2, 0) is 4.79 Å². The van der Waals surface area contributed by atoms with Crippen LogP contribution in [0, 0.1) is 0 Å². The Morgan fingerprint density at radius 2 is 2.00 bits per heavy atom. The van der Waals surface area contributed by atoms with Gasteiger partial charge in [0.1, 0.15) is 5.69 Å². The number of carbonyl (C=O) groups is 2. The number of aliphatic carboxylic acids is 1. The number of likely N-dealkylation sites (tertiary alicyclic amines) is 1. The summed E-state index contributed by atoms with van der Waals surface area (Å²) in [6.45, 7) is 2.79. The molecule has 1 amide bonds. The zero-order valence-electron chi connectivity index (χ0n) is 11.8. The van der Waals surface area contributed by atoms with E-state index >= 15 is 0 Å². The molecule has 0 aromatic carbocycles. The normalized spacial score (nSPS) is 17.9. The van der Waals surface area contributed by atoms with E-state index in [0.717, 1.165) is 6.08 Å². The lowest BCUT2D eigenvalue weighted by atomic mass is 9.94. The summed E-state index contributed by atoms with van der Waals surface area (Å²) in [5.41, 5.74) is 0.245. The number of rotatable bonds is 3. The van der Waals surface area contributed by atoms with Gasteiger partial charge in [0.25, 0.3) is 5.91 Å². The molecule has 0 spiro atoms. The van der Waals surface area contributed by atoms with Gasteiger partial charge in [-0.25, -0.2) is 4.79 Å². The third kappa shape index (κ3) is 4.13. The van der Waals surface area contributed by atoms with Crippen molar-refractivity contribution in [1.29, 1.82) is 0 Å². The topological polar surface area (TPSA) is 90.7 Å². The Kier molecular flexibility index (Phi) is 4.37. The second-order valence-corrected chi connectivity index (χ2v) is 5.44. The van der Waals surface area contributed by atoms with Gasteiger partial charge in [-0.3, -0.25) is 9.78 Å². The van der Waals surface area contributed by atoms with E-state index in [1.165, 1.54) is 12.3 Å². The standard InChI is InChI=1S/C15H18N2O4/c1-15(21)6-8-17(9-7-15)14(20)12-4-2-11(10-16-12)3-5-13(18)19/h2-5,10,21H,6-9H2,1H3,(H,18,19)/b5-3+. The summed E-state index contributed by atoms with van der Waals surface area (Å²) in [4.78, 5) is 28.4. The van der Waals surface area contributed by atoms with Crippen LogP contribution in [0.5, 0.6) is 0 Å². The highest BCUT2D eigenvalue weighted by Gasteiger charge is 2.30. The molecule has 1 saturated heterocycles. The first-order valence-electron chi connectivity index (χ1n) is 6.76. The van der Waals surface area contributed by atoms with E-state index in [2.05, 4.69) is 4.98 Å². The molecule has 2 rings (SSSR count). The number of carboxylic acids is 1. The van der Waals surface area contributed by atoms with Crippen LogP contribution in [0.25, 0.3) is 6.08 Å². The van der Waals surface area contributed by atoms with Gasteiger partial charge in [-0.05, 0) is 37.5 Å². The highest BCUT2D eigenvalue weighted by atomic mass is 16.4. The van der Waals surface area contributed by atoms with Crippen LogP contribution < -0.4 is 0 Å². The second-order valence-electron chi connectivity index (χ2n) is 5.44. The van der Waals surface area contributed by atoms with Gasteiger partial charge in [0.05, 0.1) is 5.60 Å². The molecule has 1 aliphatic heterocycles. The number of hydrogen-bond donors (Lipinski definition) is 2. The number of carbonyl (C=O) groups excluding carboxylic acids is 1. The molecule has 112 valence electrons. The SMILES string of the molecule is CC1(O)CCN(C(=O)c2ccc(/C=C/C(=O)O)cn2)CC1. The van der Waals surface area contributed by atoms with Crippen LogP contribution in [0.15, 0.2) is 24.4 Å². The number of aromatic nitrogens is 1. The van der Waals surface area contributed by atoms with Gasteiger partial charge in [-0.2, -0.15) is 0 Å². The molecule has 1 aromatic heterocycles. The number of nitrogens with zero attached hydrogens (tertiary/aromatic N) is 2. The van der Waals surface area contributed by atoms with Crippen LogP contribution in [0.4, 0.5) is 0 Å². The lowest BCUT2D eigenvalue weighted by Gasteiger charge is -2.35. The van der Waals surface area contributed by atoms with Gasteiger partial charge in [0, 0.05) is 25.4 Å². The van der Waals surface area contributed by atoms with Gasteiger partial charge < -0.3 is 15.1 Å². The molecule has 2 heterocycles. The Morgan fingerprint density at radius 1 is 1.33 bits per heavy atom. The van der Waals surface area contributed by atoms with Crippen molar-refractivity contribution in [2.75, 3.05) is 13.1 Å². The fourth-order valence-electron chi connectivity index (χ4n) is 2.15. The average molecular weight is 290 g/mol. The summed E-state index contributed by atoms with van der Waals surface area (Å²) in [5.74, 6) is -1.20. The Bertz CT molecular complexity index is 554. The quantitative estimate of drug-likeness (QED) is 0.815. The molecule has 0 bridgehead atoms. The summed E-state index contributed by atoms with van der Waals surface area (Å²) < 4.78 is 0. The second kappa shape index (κ2) is 6.05. The molecule has 0 aliphatic carbocycles. The number of pyridine rings is 1. The fraction of sp³-hybridized carbons (Fsp3) is 0.400. The number of carboxylic acid groups (broad SMARTS) is 1. The number of hydrogen-bond acceptors (Lipinski definition) is 4. The number of amides is 1. The molecule has 0 unspecified atom stereocenters. The zero-order valence-corrected chi connectivity index (χ0v) is 11.8. The maximum Gasteiger partial charge on any atom is 0.328 e. The minimum absolute atomic E-state index is 0.167. The molecule has 1 aromatic rings. The molecular formula is C15H18N2O4. The van der Waals surface area contributed by atoms with Crippen molar-refractivity contribution in [3.05, 3.63) is 35.7 Å². The molecule has 0 atom stereocenters. The van der Waals surface area contributed by atoms with E-state index in [1.54, 1.807) is 24.0 Å². The third-order valence-corrected chi connectivity index (χ3v) is 3.55. The van der Waals surface area contributed by atoms with Gasteiger partial charge in [-0.1, -0.05) is 6.07 Å². The van der Waals surface area contributed by atoms with Crippen molar-refractivity contribution in [3.63, 3.8) is 0 Å². The van der Waals surface area contributed by atoms with E-state index in [4.69, 9.17) is 5.11 Å². The van der Waals surface area contributed by atoms with Crippen LogP contribution in [0.1, 0.15) is 35.8 Å². The van der Waals surface area contributed by atoms with Gasteiger partial charge >= 0.3 is 5.97 Å². The summed E-state index contributed by atoms with van der Waals surface area (Å²) >= 11 is 0. The van der Waals surface area contributed by atoms with E-state index in [9.17, 15) is 14.7 Å². The van der Waals surface area contributed by atoms with Crippen LogP contribution in [0.2, 0.25) is 0 Å². The smallest absolute Gasteiger partial charge is 0.328 e. The molecule has 0 radical (unpaired) electrons. The fourth-order valence-corrected chi connectivity index (χ4v) is 2.15. The summed E-state index contributed by atoms with van der Waals surface area (Å²) in [5, 5.41) is 18.4. The van der Waals surface area contributed by atoms with Crippen molar-refractivity contribution in [3.8, 4) is 0 Å².